The van der Waals surface area contributed by atoms with Gasteiger partial charge in [-0.05, 0) is 42.5 Å². The Morgan fingerprint density at radius 3 is 2.83 bits per heavy atom. The predicted octanol–water partition coefficient (Wildman–Crippen LogP) is 3.16. The maximum Gasteiger partial charge on any atom is 0.262 e. The maximum absolute atomic E-state index is 12.0. The van der Waals surface area contributed by atoms with Crippen LogP contribution in [0.5, 0.6) is 5.75 Å². The fourth-order valence-corrected chi connectivity index (χ4v) is 3.17. The summed E-state index contributed by atoms with van der Waals surface area (Å²) in [5.41, 5.74) is 1.71. The molecule has 0 aliphatic carbocycles. The van der Waals surface area contributed by atoms with Crippen LogP contribution in [0, 0.1) is 0 Å². The summed E-state index contributed by atoms with van der Waals surface area (Å²) in [6.07, 6.45) is -0.618. The third-order valence-corrected chi connectivity index (χ3v) is 4.45. The van der Waals surface area contributed by atoms with E-state index in [1.807, 2.05) is 53.4 Å². The van der Waals surface area contributed by atoms with Gasteiger partial charge in [-0.3, -0.25) is 4.79 Å². The van der Waals surface area contributed by atoms with Crippen molar-refractivity contribution in [1.29, 1.82) is 0 Å². The van der Waals surface area contributed by atoms with E-state index in [-0.39, 0.29) is 5.91 Å². The van der Waals surface area contributed by atoms with Crippen LogP contribution in [-0.2, 0) is 4.79 Å². The van der Waals surface area contributed by atoms with E-state index in [1.165, 1.54) is 0 Å². The van der Waals surface area contributed by atoms with Crippen molar-refractivity contribution in [2.45, 2.75) is 6.10 Å². The van der Waals surface area contributed by atoms with Crippen molar-refractivity contribution in [2.24, 2.45) is 0 Å². The van der Waals surface area contributed by atoms with E-state index >= 15 is 0 Å². The van der Waals surface area contributed by atoms with E-state index in [1.54, 1.807) is 7.05 Å². The molecule has 7 heteroatoms. The second kappa shape index (κ2) is 7.19. The summed E-state index contributed by atoms with van der Waals surface area (Å²) >= 11 is 9.01. The van der Waals surface area contributed by atoms with Gasteiger partial charge in [0.25, 0.3) is 5.91 Å². The van der Waals surface area contributed by atoms with Crippen LogP contribution in [0.1, 0.15) is 0 Å². The van der Waals surface area contributed by atoms with E-state index < -0.39 is 6.10 Å². The Kier molecular flexibility index (Phi) is 5.01. The van der Waals surface area contributed by atoms with Gasteiger partial charge in [-0.25, -0.2) is 0 Å². The fourth-order valence-electron chi connectivity index (χ4n) is 2.48. The number of nitrogens with zero attached hydrogens (tertiary/aromatic N) is 1. The Bertz CT molecular complexity index is 784. The highest BCUT2D eigenvalue weighted by Crippen LogP contribution is 2.33. The first-order valence-corrected chi connectivity index (χ1v) is 8.60. The van der Waals surface area contributed by atoms with Gasteiger partial charge in [0.2, 0.25) is 0 Å². The van der Waals surface area contributed by atoms with Crippen molar-refractivity contribution in [3.05, 3.63) is 53.0 Å². The number of benzene rings is 2. The zero-order valence-corrected chi connectivity index (χ0v) is 15.4. The smallest absolute Gasteiger partial charge is 0.262 e. The lowest BCUT2D eigenvalue weighted by molar-refractivity contribution is -0.127. The largest absolute Gasteiger partial charge is 0.477 e. The summed E-state index contributed by atoms with van der Waals surface area (Å²) in [4.78, 5) is 13.9. The highest BCUT2D eigenvalue weighted by atomic mass is 79.9. The number of fused-ring (bicyclic) bond motifs is 1. The van der Waals surface area contributed by atoms with Gasteiger partial charge in [-0.1, -0.05) is 34.1 Å². The molecule has 2 aromatic carbocycles. The van der Waals surface area contributed by atoms with Gasteiger partial charge in [0, 0.05) is 17.2 Å². The quantitative estimate of drug-likeness (QED) is 0.751. The fraction of sp³-hybridized carbons (Fsp3) is 0.176. The number of halogens is 1. The first kappa shape index (κ1) is 16.7. The van der Waals surface area contributed by atoms with Crippen LogP contribution in [0.15, 0.2) is 53.0 Å². The Labute approximate surface area is 154 Å². The Morgan fingerprint density at radius 1 is 1.29 bits per heavy atom. The number of hydrogen-bond acceptors (Lipinski definition) is 3. The molecular weight excluding hydrogens is 390 g/mol. The highest BCUT2D eigenvalue weighted by molar-refractivity contribution is 9.10. The number of nitrogens with one attached hydrogen (secondary N) is 2. The minimum absolute atomic E-state index is 0.181. The zero-order valence-electron chi connectivity index (χ0n) is 13.0. The number of amides is 1. The van der Waals surface area contributed by atoms with Crippen LogP contribution in [0.4, 0.5) is 11.4 Å². The summed E-state index contributed by atoms with van der Waals surface area (Å²) in [7, 11) is 1.59. The molecule has 3 rings (SSSR count). The number of anilines is 2. The van der Waals surface area contributed by atoms with Crippen molar-refractivity contribution < 1.29 is 9.53 Å². The molecule has 0 saturated heterocycles. The molecule has 0 fully saturated rings. The van der Waals surface area contributed by atoms with Crippen LogP contribution in [0.2, 0.25) is 0 Å². The van der Waals surface area contributed by atoms with E-state index in [0.29, 0.717) is 17.4 Å². The molecule has 0 aromatic heterocycles. The van der Waals surface area contributed by atoms with E-state index in [2.05, 4.69) is 26.6 Å². The molecule has 124 valence electrons. The number of carbonyl (C=O) groups excluding carboxylic acids is 1. The molecule has 5 nitrogen and oxygen atoms in total. The van der Waals surface area contributed by atoms with Crippen molar-refractivity contribution in [2.75, 3.05) is 23.8 Å². The molecule has 0 spiro atoms. The number of likely N-dealkylation sites (N-methyl/N-ethyl adjacent to an activating group) is 1. The number of rotatable bonds is 2. The predicted molar refractivity (Wildman–Crippen MR) is 103 cm³/mol. The zero-order chi connectivity index (χ0) is 17.1. The van der Waals surface area contributed by atoms with Gasteiger partial charge >= 0.3 is 0 Å². The van der Waals surface area contributed by atoms with Crippen molar-refractivity contribution >= 4 is 50.5 Å². The first-order valence-electron chi connectivity index (χ1n) is 7.40. The molecule has 1 amide bonds. The summed E-state index contributed by atoms with van der Waals surface area (Å²) in [6.45, 7) is 0.344. The Morgan fingerprint density at radius 2 is 2.08 bits per heavy atom. The van der Waals surface area contributed by atoms with E-state index in [4.69, 9.17) is 17.0 Å². The van der Waals surface area contributed by atoms with Gasteiger partial charge in [0.05, 0.1) is 12.2 Å². The summed E-state index contributed by atoms with van der Waals surface area (Å²) in [6, 6.07) is 15.3. The van der Waals surface area contributed by atoms with Crippen molar-refractivity contribution in [3.8, 4) is 5.75 Å². The number of carbonyl (C=O) groups is 1. The Balaban J connectivity index is 1.87. The van der Waals surface area contributed by atoms with Gasteiger partial charge < -0.3 is 20.3 Å². The first-order chi connectivity index (χ1) is 11.6. The number of ether oxygens (including phenoxy) is 1. The van der Waals surface area contributed by atoms with E-state index in [9.17, 15) is 4.79 Å². The van der Waals surface area contributed by atoms with Crippen LogP contribution in [-0.4, -0.2) is 30.7 Å². The van der Waals surface area contributed by atoms with Crippen molar-refractivity contribution in [3.63, 3.8) is 0 Å². The third kappa shape index (κ3) is 3.52. The topological polar surface area (TPSA) is 53.6 Å². The number of thiocarbonyl (C=S) groups is 1. The second-order valence-electron chi connectivity index (χ2n) is 5.24. The molecule has 0 radical (unpaired) electrons. The molecule has 1 aliphatic heterocycles. The van der Waals surface area contributed by atoms with Crippen LogP contribution in [0.25, 0.3) is 0 Å². The number of hydrogen-bond donors (Lipinski definition) is 2. The van der Waals surface area contributed by atoms with E-state index in [0.717, 1.165) is 15.8 Å². The minimum Gasteiger partial charge on any atom is -0.477 e. The summed E-state index contributed by atoms with van der Waals surface area (Å²) < 4.78 is 6.74. The molecule has 24 heavy (non-hydrogen) atoms. The Hall–Kier alpha value is -2.12. The standard InChI is InChI=1S/C17H16BrN3O2S/c1-19-16(22)15-10-21(13-7-2-3-8-14(13)23-15)17(24)20-12-6-4-5-11(18)9-12/h2-9,15H,10H2,1H3,(H,19,22)(H,20,24)/t15-/m1/s1. The highest BCUT2D eigenvalue weighted by Gasteiger charge is 2.31. The van der Waals surface area contributed by atoms with Gasteiger partial charge in [0.15, 0.2) is 11.2 Å². The average Bonchev–Trinajstić information content (AvgIpc) is 2.60. The van der Waals surface area contributed by atoms with Gasteiger partial charge in [-0.2, -0.15) is 0 Å². The van der Waals surface area contributed by atoms with Crippen LogP contribution >= 0.6 is 28.1 Å². The van der Waals surface area contributed by atoms with Crippen LogP contribution in [0.3, 0.4) is 0 Å². The lowest BCUT2D eigenvalue weighted by Gasteiger charge is -2.35. The normalized spacial score (nSPS) is 15.9. The average molecular weight is 406 g/mol. The molecule has 0 bridgehead atoms. The van der Waals surface area contributed by atoms with Gasteiger partial charge in [0.1, 0.15) is 5.75 Å². The van der Waals surface area contributed by atoms with Gasteiger partial charge in [-0.15, -0.1) is 0 Å². The molecule has 2 aromatic rings. The lowest BCUT2D eigenvalue weighted by atomic mass is 10.2. The molecule has 1 aliphatic rings. The lowest BCUT2D eigenvalue weighted by Crippen LogP contribution is -2.51. The monoisotopic (exact) mass is 405 g/mol. The molecule has 0 unspecified atom stereocenters. The maximum atomic E-state index is 12.0. The third-order valence-electron chi connectivity index (χ3n) is 3.63. The summed E-state index contributed by atoms with van der Waals surface area (Å²) in [5, 5.41) is 6.34. The second-order valence-corrected chi connectivity index (χ2v) is 6.54. The molecule has 1 heterocycles. The minimum atomic E-state index is -0.618. The molecule has 0 saturated carbocycles. The number of para-hydroxylation sites is 2. The van der Waals surface area contributed by atoms with Crippen LogP contribution < -0.4 is 20.3 Å². The van der Waals surface area contributed by atoms with Crippen molar-refractivity contribution in [1.82, 2.24) is 5.32 Å². The molecular formula is C17H16BrN3O2S. The molecule has 2 N–H and O–H groups in total. The SMILES string of the molecule is CNC(=O)[C@H]1CN(C(=S)Nc2cccc(Br)c2)c2ccccc2O1. The summed E-state index contributed by atoms with van der Waals surface area (Å²) in [5.74, 6) is 0.454. The molecule has 1 atom stereocenters.